The zero-order valence-corrected chi connectivity index (χ0v) is 11.3. The largest absolute Gasteiger partial charge is 0.299 e. The van der Waals surface area contributed by atoms with E-state index in [9.17, 15) is 0 Å². The van der Waals surface area contributed by atoms with Crippen LogP contribution in [-0.4, -0.2) is 23.0 Å². The van der Waals surface area contributed by atoms with Gasteiger partial charge in [0.25, 0.3) is 0 Å². The Balaban J connectivity index is 1.89. The molecule has 1 aliphatic heterocycles. The van der Waals surface area contributed by atoms with E-state index in [0.29, 0.717) is 5.92 Å². The molecular formula is C15H21N3. The van der Waals surface area contributed by atoms with Crippen molar-refractivity contribution >= 4 is 0 Å². The van der Waals surface area contributed by atoms with Crippen molar-refractivity contribution in [3.05, 3.63) is 29.6 Å². The summed E-state index contributed by atoms with van der Waals surface area (Å²) >= 11 is 0. The number of likely N-dealkylation sites (tertiary alicyclic amines) is 1. The van der Waals surface area contributed by atoms with E-state index in [0.717, 1.165) is 38.2 Å². The fourth-order valence-electron chi connectivity index (χ4n) is 2.35. The van der Waals surface area contributed by atoms with E-state index >= 15 is 0 Å². The Hall–Kier alpha value is -1.40. The van der Waals surface area contributed by atoms with Crippen LogP contribution in [0.1, 0.15) is 43.9 Å². The quantitative estimate of drug-likeness (QED) is 0.819. The molecule has 0 atom stereocenters. The van der Waals surface area contributed by atoms with E-state index in [-0.39, 0.29) is 5.92 Å². The van der Waals surface area contributed by atoms with E-state index in [1.807, 2.05) is 6.20 Å². The summed E-state index contributed by atoms with van der Waals surface area (Å²) in [5.74, 6) is 0.758. The molecule has 18 heavy (non-hydrogen) atoms. The Bertz CT molecular complexity index is 408. The molecule has 1 saturated heterocycles. The molecule has 1 aromatic rings. The van der Waals surface area contributed by atoms with Crippen molar-refractivity contribution in [2.24, 2.45) is 5.92 Å². The minimum atomic E-state index is 0.266. The van der Waals surface area contributed by atoms with Gasteiger partial charge in [-0.15, -0.1) is 0 Å². The molecule has 1 aliphatic rings. The number of piperidine rings is 1. The number of nitriles is 1. The van der Waals surface area contributed by atoms with E-state index in [1.165, 1.54) is 5.56 Å². The van der Waals surface area contributed by atoms with Gasteiger partial charge in [-0.25, -0.2) is 0 Å². The third-order valence-electron chi connectivity index (χ3n) is 3.62. The van der Waals surface area contributed by atoms with Crippen LogP contribution in [0.2, 0.25) is 0 Å². The van der Waals surface area contributed by atoms with Gasteiger partial charge in [0.2, 0.25) is 0 Å². The van der Waals surface area contributed by atoms with Gasteiger partial charge in [0.15, 0.2) is 0 Å². The molecule has 2 rings (SSSR count). The van der Waals surface area contributed by atoms with Crippen LogP contribution in [-0.2, 0) is 6.54 Å². The average Bonchev–Trinajstić information content (AvgIpc) is 2.40. The standard InChI is InChI=1S/C15H21N3/c1-12(2)15-4-3-14(10-17-15)11-18-7-5-13(9-16)6-8-18/h3-4,10,12-13H,5-8,11H2,1-2H3. The van der Waals surface area contributed by atoms with Crippen molar-refractivity contribution in [1.29, 1.82) is 5.26 Å². The number of pyridine rings is 1. The molecule has 0 unspecified atom stereocenters. The fraction of sp³-hybridized carbons (Fsp3) is 0.600. The molecule has 2 heterocycles. The van der Waals surface area contributed by atoms with Crippen LogP contribution in [0.15, 0.2) is 18.3 Å². The molecule has 0 amide bonds. The topological polar surface area (TPSA) is 39.9 Å². The fourth-order valence-corrected chi connectivity index (χ4v) is 2.35. The second kappa shape index (κ2) is 5.97. The maximum atomic E-state index is 8.87. The van der Waals surface area contributed by atoms with Gasteiger partial charge in [-0.1, -0.05) is 19.9 Å². The van der Waals surface area contributed by atoms with Crippen LogP contribution in [0.3, 0.4) is 0 Å². The van der Waals surface area contributed by atoms with Gasteiger partial charge in [-0.05, 0) is 43.5 Å². The van der Waals surface area contributed by atoms with Gasteiger partial charge < -0.3 is 0 Å². The van der Waals surface area contributed by atoms with Gasteiger partial charge in [-0.2, -0.15) is 5.26 Å². The van der Waals surface area contributed by atoms with Crippen LogP contribution in [0, 0.1) is 17.2 Å². The van der Waals surface area contributed by atoms with E-state index in [2.05, 4.69) is 41.9 Å². The minimum absolute atomic E-state index is 0.266. The zero-order valence-electron chi connectivity index (χ0n) is 11.3. The Morgan fingerprint density at radius 3 is 2.61 bits per heavy atom. The Labute approximate surface area is 109 Å². The van der Waals surface area contributed by atoms with Crippen LogP contribution < -0.4 is 0 Å². The predicted octanol–water partition coefficient (Wildman–Crippen LogP) is 2.94. The molecule has 0 aliphatic carbocycles. The molecule has 1 aromatic heterocycles. The summed E-state index contributed by atoms with van der Waals surface area (Å²) < 4.78 is 0. The molecule has 0 aromatic carbocycles. The highest BCUT2D eigenvalue weighted by Gasteiger charge is 2.18. The highest BCUT2D eigenvalue weighted by Crippen LogP contribution is 2.18. The van der Waals surface area contributed by atoms with Gasteiger partial charge in [0, 0.05) is 24.4 Å². The Kier molecular flexibility index (Phi) is 4.33. The third-order valence-corrected chi connectivity index (χ3v) is 3.62. The number of rotatable bonds is 3. The smallest absolute Gasteiger partial charge is 0.0656 e. The van der Waals surface area contributed by atoms with Crippen molar-refractivity contribution in [3.8, 4) is 6.07 Å². The molecular weight excluding hydrogens is 222 g/mol. The van der Waals surface area contributed by atoms with Gasteiger partial charge >= 0.3 is 0 Å². The van der Waals surface area contributed by atoms with E-state index in [1.54, 1.807) is 0 Å². The highest BCUT2D eigenvalue weighted by atomic mass is 15.1. The number of hydrogen-bond acceptors (Lipinski definition) is 3. The summed E-state index contributed by atoms with van der Waals surface area (Å²) in [5.41, 5.74) is 2.43. The van der Waals surface area contributed by atoms with Crippen molar-refractivity contribution < 1.29 is 0 Å². The van der Waals surface area contributed by atoms with Crippen LogP contribution in [0.4, 0.5) is 0 Å². The van der Waals surface area contributed by atoms with Gasteiger partial charge in [0.1, 0.15) is 0 Å². The number of aromatic nitrogens is 1. The molecule has 1 fully saturated rings. The first-order chi connectivity index (χ1) is 8.69. The molecule has 0 saturated carbocycles. The minimum Gasteiger partial charge on any atom is -0.299 e. The molecule has 3 heteroatoms. The molecule has 0 spiro atoms. The maximum Gasteiger partial charge on any atom is 0.0656 e. The molecule has 96 valence electrons. The predicted molar refractivity (Wildman–Crippen MR) is 71.9 cm³/mol. The second-order valence-electron chi connectivity index (χ2n) is 5.43. The Morgan fingerprint density at radius 2 is 2.11 bits per heavy atom. The molecule has 3 nitrogen and oxygen atoms in total. The van der Waals surface area contributed by atoms with Gasteiger partial charge in [0.05, 0.1) is 6.07 Å². The number of nitrogens with zero attached hydrogens (tertiary/aromatic N) is 3. The van der Waals surface area contributed by atoms with Crippen molar-refractivity contribution in [1.82, 2.24) is 9.88 Å². The Morgan fingerprint density at radius 1 is 1.39 bits per heavy atom. The van der Waals surface area contributed by atoms with Crippen LogP contribution >= 0.6 is 0 Å². The van der Waals surface area contributed by atoms with Crippen LogP contribution in [0.25, 0.3) is 0 Å². The number of hydrogen-bond donors (Lipinski definition) is 0. The van der Waals surface area contributed by atoms with Crippen molar-refractivity contribution in [2.45, 2.75) is 39.2 Å². The lowest BCUT2D eigenvalue weighted by Gasteiger charge is -2.28. The first-order valence-electron chi connectivity index (χ1n) is 6.76. The zero-order chi connectivity index (χ0) is 13.0. The summed E-state index contributed by atoms with van der Waals surface area (Å²) in [4.78, 5) is 6.91. The van der Waals surface area contributed by atoms with Crippen molar-refractivity contribution in [3.63, 3.8) is 0 Å². The average molecular weight is 243 g/mol. The highest BCUT2D eigenvalue weighted by molar-refractivity contribution is 5.16. The molecule has 0 N–H and O–H groups in total. The lowest BCUT2D eigenvalue weighted by atomic mass is 9.98. The molecule has 0 bridgehead atoms. The van der Waals surface area contributed by atoms with E-state index in [4.69, 9.17) is 5.26 Å². The lowest BCUT2D eigenvalue weighted by molar-refractivity contribution is 0.198. The van der Waals surface area contributed by atoms with E-state index < -0.39 is 0 Å². The monoisotopic (exact) mass is 243 g/mol. The second-order valence-corrected chi connectivity index (χ2v) is 5.43. The lowest BCUT2D eigenvalue weighted by Crippen LogP contribution is -2.32. The third kappa shape index (κ3) is 3.30. The summed E-state index contributed by atoms with van der Waals surface area (Å²) in [6.07, 6.45) is 4.01. The molecule has 0 radical (unpaired) electrons. The summed E-state index contributed by atoms with van der Waals surface area (Å²) in [6.45, 7) is 7.35. The maximum absolute atomic E-state index is 8.87. The van der Waals surface area contributed by atoms with Crippen LogP contribution in [0.5, 0.6) is 0 Å². The summed E-state index contributed by atoms with van der Waals surface area (Å²) in [6, 6.07) is 6.68. The summed E-state index contributed by atoms with van der Waals surface area (Å²) in [7, 11) is 0. The normalized spacial score (nSPS) is 17.9. The first kappa shape index (κ1) is 13.0. The SMILES string of the molecule is CC(C)c1ccc(CN2CCC(C#N)CC2)cn1. The van der Waals surface area contributed by atoms with Crippen molar-refractivity contribution in [2.75, 3.05) is 13.1 Å². The van der Waals surface area contributed by atoms with Gasteiger partial charge in [-0.3, -0.25) is 9.88 Å². The first-order valence-corrected chi connectivity index (χ1v) is 6.76. The summed E-state index contributed by atoms with van der Waals surface area (Å²) in [5, 5.41) is 8.87.